The third-order valence-corrected chi connectivity index (χ3v) is 4.70. The Hall–Kier alpha value is -2.41. The molecule has 0 spiro atoms. The number of aryl methyl sites for hydroxylation is 1. The summed E-state index contributed by atoms with van der Waals surface area (Å²) in [5.74, 6) is 0.200. The van der Waals surface area contributed by atoms with Crippen LogP contribution >= 0.6 is 0 Å². The number of carbonyl (C=O) groups is 2. The fourth-order valence-electron chi connectivity index (χ4n) is 3.23. The van der Waals surface area contributed by atoms with E-state index in [1.807, 2.05) is 31.3 Å². The number of rotatable bonds is 3. The smallest absolute Gasteiger partial charge is 0.223 e. The lowest BCUT2D eigenvalue weighted by molar-refractivity contribution is -0.130. The summed E-state index contributed by atoms with van der Waals surface area (Å²) in [6.07, 6.45) is 0. The average molecular weight is 329 g/mol. The van der Waals surface area contributed by atoms with Crippen LogP contribution in [0.25, 0.3) is 11.0 Å². The minimum absolute atomic E-state index is 0.0224. The predicted molar refractivity (Wildman–Crippen MR) is 90.9 cm³/mol. The van der Waals surface area contributed by atoms with Crippen LogP contribution in [0.4, 0.5) is 0 Å². The number of nitrogens with zero attached hydrogens (tertiary/aromatic N) is 4. The van der Waals surface area contributed by atoms with Gasteiger partial charge in [-0.1, -0.05) is 12.1 Å². The number of amides is 2. The molecule has 2 N–H and O–H groups in total. The quantitative estimate of drug-likeness (QED) is 0.880. The second-order valence-corrected chi connectivity index (χ2v) is 6.38. The van der Waals surface area contributed by atoms with Crippen molar-refractivity contribution in [3.8, 4) is 0 Å². The van der Waals surface area contributed by atoms with Gasteiger partial charge < -0.3 is 15.2 Å². The van der Waals surface area contributed by atoms with Gasteiger partial charge in [-0.15, -0.1) is 0 Å². The van der Waals surface area contributed by atoms with E-state index in [4.69, 9.17) is 5.73 Å². The number of fused-ring (bicyclic) bond motifs is 1. The van der Waals surface area contributed by atoms with Gasteiger partial charge in [0.25, 0.3) is 0 Å². The fraction of sp³-hybridized carbons (Fsp3) is 0.471. The number of carbonyl (C=O) groups excluding carboxylic acids is 2. The Bertz CT molecular complexity index is 769. The number of para-hydroxylation sites is 2. The molecular formula is C17H23N5O2. The molecule has 0 bridgehead atoms. The number of aromatic nitrogens is 2. The Labute approximate surface area is 141 Å². The number of hydrogen-bond acceptors (Lipinski definition) is 4. The van der Waals surface area contributed by atoms with Crippen molar-refractivity contribution in [2.75, 3.05) is 26.2 Å². The first-order valence-corrected chi connectivity index (χ1v) is 8.13. The molecule has 0 aliphatic carbocycles. The highest BCUT2D eigenvalue weighted by atomic mass is 16.2. The highest BCUT2D eigenvalue weighted by molar-refractivity contribution is 5.79. The van der Waals surface area contributed by atoms with Crippen LogP contribution in [0.3, 0.4) is 0 Å². The Kier molecular flexibility index (Phi) is 4.53. The molecule has 1 saturated heterocycles. The lowest BCUT2D eigenvalue weighted by atomic mass is 10.1. The van der Waals surface area contributed by atoms with Crippen LogP contribution in [0.1, 0.15) is 12.7 Å². The summed E-state index contributed by atoms with van der Waals surface area (Å²) in [6.45, 7) is 4.39. The van der Waals surface area contributed by atoms with E-state index in [-0.39, 0.29) is 17.7 Å². The summed E-state index contributed by atoms with van der Waals surface area (Å²) in [4.78, 5) is 31.9. The molecule has 2 aromatic rings. The van der Waals surface area contributed by atoms with E-state index in [1.165, 1.54) is 6.92 Å². The van der Waals surface area contributed by atoms with E-state index in [1.54, 1.807) is 4.90 Å². The molecule has 24 heavy (non-hydrogen) atoms. The molecule has 0 radical (unpaired) electrons. The Morgan fingerprint density at radius 3 is 2.67 bits per heavy atom. The minimum Gasteiger partial charge on any atom is -0.369 e. The highest BCUT2D eigenvalue weighted by Crippen LogP contribution is 2.17. The molecule has 2 amide bonds. The van der Waals surface area contributed by atoms with E-state index in [9.17, 15) is 9.59 Å². The van der Waals surface area contributed by atoms with E-state index in [2.05, 4.69) is 14.5 Å². The molecule has 3 rings (SSSR count). The van der Waals surface area contributed by atoms with Gasteiger partial charge in [0.15, 0.2) is 0 Å². The molecule has 0 unspecified atom stereocenters. The van der Waals surface area contributed by atoms with Crippen molar-refractivity contribution in [1.29, 1.82) is 0 Å². The van der Waals surface area contributed by atoms with Crippen molar-refractivity contribution in [3.05, 3.63) is 30.1 Å². The summed E-state index contributed by atoms with van der Waals surface area (Å²) in [6, 6.07) is 8.00. The molecule has 1 aromatic carbocycles. The first-order valence-electron chi connectivity index (χ1n) is 8.13. The van der Waals surface area contributed by atoms with E-state index in [0.29, 0.717) is 32.7 Å². The third-order valence-electron chi connectivity index (χ3n) is 4.70. The molecule has 7 nitrogen and oxygen atoms in total. The molecule has 1 fully saturated rings. The van der Waals surface area contributed by atoms with Crippen LogP contribution in [0.2, 0.25) is 0 Å². The first kappa shape index (κ1) is 16.4. The van der Waals surface area contributed by atoms with Gasteiger partial charge >= 0.3 is 0 Å². The second-order valence-electron chi connectivity index (χ2n) is 6.38. The minimum atomic E-state index is -0.363. The van der Waals surface area contributed by atoms with Crippen molar-refractivity contribution >= 4 is 22.8 Å². The van der Waals surface area contributed by atoms with Gasteiger partial charge in [0.2, 0.25) is 11.8 Å². The van der Waals surface area contributed by atoms with Gasteiger partial charge in [-0.3, -0.25) is 14.5 Å². The van der Waals surface area contributed by atoms with Crippen molar-refractivity contribution in [1.82, 2.24) is 19.4 Å². The Morgan fingerprint density at radius 2 is 2.00 bits per heavy atom. The molecule has 1 aromatic heterocycles. The summed E-state index contributed by atoms with van der Waals surface area (Å²) < 4.78 is 2.07. The number of nitrogens with two attached hydrogens (primary N) is 1. The van der Waals surface area contributed by atoms with Gasteiger partial charge in [0.1, 0.15) is 5.82 Å². The maximum Gasteiger partial charge on any atom is 0.223 e. The largest absolute Gasteiger partial charge is 0.369 e. The van der Waals surface area contributed by atoms with Crippen molar-refractivity contribution in [2.24, 2.45) is 18.7 Å². The van der Waals surface area contributed by atoms with E-state index < -0.39 is 0 Å². The molecule has 1 aliphatic heterocycles. The average Bonchev–Trinajstić information content (AvgIpc) is 2.72. The topological polar surface area (TPSA) is 84.5 Å². The van der Waals surface area contributed by atoms with Crippen LogP contribution in [0.5, 0.6) is 0 Å². The van der Waals surface area contributed by atoms with Crippen LogP contribution in [0.15, 0.2) is 24.3 Å². The summed E-state index contributed by atoms with van der Waals surface area (Å²) in [7, 11) is 2.00. The van der Waals surface area contributed by atoms with Crippen LogP contribution in [-0.4, -0.2) is 57.3 Å². The van der Waals surface area contributed by atoms with Crippen LogP contribution in [0, 0.1) is 5.92 Å². The molecule has 1 atom stereocenters. The van der Waals surface area contributed by atoms with Gasteiger partial charge in [0.05, 0.1) is 23.5 Å². The van der Waals surface area contributed by atoms with E-state index >= 15 is 0 Å². The van der Waals surface area contributed by atoms with Gasteiger partial charge in [-0.25, -0.2) is 4.98 Å². The maximum absolute atomic E-state index is 11.7. The number of benzene rings is 1. The monoisotopic (exact) mass is 329 g/mol. The van der Waals surface area contributed by atoms with Crippen molar-refractivity contribution in [2.45, 2.75) is 13.5 Å². The lowest BCUT2D eigenvalue weighted by Gasteiger charge is -2.21. The molecule has 2 heterocycles. The maximum atomic E-state index is 11.7. The predicted octanol–water partition coefficient (Wildman–Crippen LogP) is 0.339. The third kappa shape index (κ3) is 3.26. The zero-order chi connectivity index (χ0) is 17.3. The SMILES string of the molecule is CC(=O)N1CCN(Cc2nc3ccccc3n2C)C[C@H](C(N)=O)C1. The van der Waals surface area contributed by atoms with Gasteiger partial charge in [0, 0.05) is 40.2 Å². The summed E-state index contributed by atoms with van der Waals surface area (Å²) in [5, 5.41) is 0. The molecular weight excluding hydrogens is 306 g/mol. The molecule has 7 heteroatoms. The van der Waals surface area contributed by atoms with Crippen molar-refractivity contribution in [3.63, 3.8) is 0 Å². The zero-order valence-electron chi connectivity index (χ0n) is 14.1. The Balaban J connectivity index is 1.81. The Morgan fingerprint density at radius 1 is 1.25 bits per heavy atom. The summed E-state index contributed by atoms with van der Waals surface area (Å²) in [5.41, 5.74) is 7.56. The number of hydrogen-bond donors (Lipinski definition) is 1. The second kappa shape index (κ2) is 6.60. The fourth-order valence-corrected chi connectivity index (χ4v) is 3.23. The molecule has 1 aliphatic rings. The lowest BCUT2D eigenvalue weighted by Crippen LogP contribution is -2.39. The zero-order valence-corrected chi connectivity index (χ0v) is 14.1. The van der Waals surface area contributed by atoms with Crippen molar-refractivity contribution < 1.29 is 9.59 Å². The van der Waals surface area contributed by atoms with Gasteiger partial charge in [-0.2, -0.15) is 0 Å². The van der Waals surface area contributed by atoms with Crippen LogP contribution < -0.4 is 5.73 Å². The summed E-state index contributed by atoms with van der Waals surface area (Å²) >= 11 is 0. The van der Waals surface area contributed by atoms with Crippen LogP contribution in [-0.2, 0) is 23.2 Å². The van der Waals surface area contributed by atoms with E-state index in [0.717, 1.165) is 16.9 Å². The number of imidazole rings is 1. The number of primary amides is 1. The first-order chi connectivity index (χ1) is 11.5. The standard InChI is InChI=1S/C17H23N5O2/c1-12(23)22-8-7-21(9-13(10-22)17(18)24)11-16-19-14-5-3-4-6-15(14)20(16)2/h3-6,13H,7-11H2,1-2H3,(H2,18,24)/t13-/m0/s1. The van der Waals surface area contributed by atoms with Gasteiger partial charge in [-0.05, 0) is 12.1 Å². The highest BCUT2D eigenvalue weighted by Gasteiger charge is 2.28. The molecule has 128 valence electrons. The molecule has 0 saturated carbocycles. The normalized spacial score (nSPS) is 19.4.